The van der Waals surface area contributed by atoms with Crippen molar-refractivity contribution < 1.29 is 50.1 Å². The fraction of sp³-hybridized carbons (Fsp3) is 0.576. The van der Waals surface area contributed by atoms with Gasteiger partial charge in [0.25, 0.3) is 11.5 Å². The first kappa shape index (κ1) is 37.3. The average molecular weight is 689 g/mol. The first-order valence-electron chi connectivity index (χ1n) is 15.8. The molecule has 0 aromatic heterocycles. The Balaban J connectivity index is 1.48. The number of carbonyl (C=O) groups excluding carboxylic acids is 2. The molecule has 1 unspecified atom stereocenters. The van der Waals surface area contributed by atoms with Crippen molar-refractivity contribution in [3.8, 4) is 5.75 Å². The van der Waals surface area contributed by atoms with Crippen LogP contribution >= 0.6 is 0 Å². The zero-order valence-corrected chi connectivity index (χ0v) is 27.6. The van der Waals surface area contributed by atoms with Crippen LogP contribution in [0.1, 0.15) is 50.8 Å². The maximum Gasteiger partial charge on any atom is 0.430 e. The molecule has 0 spiro atoms. The topological polar surface area (TPSA) is 83.6 Å². The van der Waals surface area contributed by atoms with Crippen molar-refractivity contribution in [3.63, 3.8) is 0 Å². The summed E-state index contributed by atoms with van der Waals surface area (Å²) in [6.07, 6.45) is -10.9. The molecule has 2 saturated heterocycles. The van der Waals surface area contributed by atoms with Gasteiger partial charge < -0.3 is 24.0 Å². The Hall–Kier alpha value is -3.56. The zero-order chi connectivity index (χ0) is 35.5. The maximum absolute atomic E-state index is 14.2. The fourth-order valence-electron chi connectivity index (χ4n) is 6.27. The molecule has 266 valence electrons. The highest BCUT2D eigenvalue weighted by atomic mass is 19.4. The van der Waals surface area contributed by atoms with Crippen LogP contribution in [-0.4, -0.2) is 93.4 Å². The molecular formula is C33H42F6N4O5. The Morgan fingerprint density at radius 3 is 2.08 bits per heavy atom. The van der Waals surface area contributed by atoms with E-state index in [9.17, 15) is 35.9 Å². The molecule has 2 aromatic carbocycles. The van der Waals surface area contributed by atoms with Crippen LogP contribution < -0.4 is 15.0 Å². The number of halogens is 6. The van der Waals surface area contributed by atoms with Crippen molar-refractivity contribution in [1.82, 2.24) is 15.1 Å². The number of urea groups is 1. The lowest BCUT2D eigenvalue weighted by Gasteiger charge is -2.40. The number of alkyl halides is 6. The number of carbonyl (C=O) groups is 2. The molecule has 1 N–H and O–H groups in total. The van der Waals surface area contributed by atoms with E-state index in [2.05, 4.69) is 19.7 Å². The number of piperazine rings is 1. The van der Waals surface area contributed by atoms with Crippen LogP contribution in [-0.2, 0) is 31.8 Å². The summed E-state index contributed by atoms with van der Waals surface area (Å²) >= 11 is 0. The number of hydrogen-bond acceptors (Lipinski definition) is 7. The van der Waals surface area contributed by atoms with Crippen molar-refractivity contribution in [2.45, 2.75) is 70.1 Å². The van der Waals surface area contributed by atoms with Crippen LogP contribution in [0.3, 0.4) is 0 Å². The van der Waals surface area contributed by atoms with E-state index in [0.717, 1.165) is 19.2 Å². The summed E-state index contributed by atoms with van der Waals surface area (Å²) in [7, 11) is 0.947. The Labute approximate surface area is 276 Å². The third kappa shape index (κ3) is 7.22. The van der Waals surface area contributed by atoms with Crippen molar-refractivity contribution >= 4 is 17.6 Å². The molecule has 0 bridgehead atoms. The van der Waals surface area contributed by atoms with Crippen LogP contribution in [0.25, 0.3) is 0 Å². The van der Waals surface area contributed by atoms with E-state index in [0.29, 0.717) is 61.7 Å². The van der Waals surface area contributed by atoms with E-state index in [4.69, 9.17) is 4.74 Å². The summed E-state index contributed by atoms with van der Waals surface area (Å²) in [5.74, 6) is 0.206. The van der Waals surface area contributed by atoms with Gasteiger partial charge in [-0.25, -0.2) is 4.79 Å². The number of anilines is 1. The average Bonchev–Trinajstić information content (AvgIpc) is 3.23. The Morgan fingerprint density at radius 1 is 0.917 bits per heavy atom. The Morgan fingerprint density at radius 2 is 1.54 bits per heavy atom. The van der Waals surface area contributed by atoms with Crippen molar-refractivity contribution in [3.05, 3.63) is 59.2 Å². The number of imide groups is 1. The first-order chi connectivity index (χ1) is 22.5. The van der Waals surface area contributed by atoms with Gasteiger partial charge in [0.1, 0.15) is 18.1 Å². The molecule has 4 rings (SSSR count). The molecule has 2 aliphatic heterocycles. The van der Waals surface area contributed by atoms with Crippen LogP contribution in [0, 0.1) is 0 Å². The summed E-state index contributed by atoms with van der Waals surface area (Å²) in [5.41, 5.74) is -5.33. The van der Waals surface area contributed by atoms with Crippen LogP contribution in [0.4, 0.5) is 36.8 Å². The molecule has 2 aliphatic rings. The van der Waals surface area contributed by atoms with Gasteiger partial charge in [0.05, 0.1) is 6.10 Å². The molecule has 2 heterocycles. The molecule has 0 saturated carbocycles. The van der Waals surface area contributed by atoms with Gasteiger partial charge in [-0.15, -0.1) is 0 Å². The third-order valence-corrected chi connectivity index (χ3v) is 8.79. The number of hydrogen-bond donors (Lipinski definition) is 1. The Bertz CT molecular complexity index is 1410. The lowest BCUT2D eigenvalue weighted by Crippen LogP contribution is -2.56. The van der Waals surface area contributed by atoms with E-state index in [-0.39, 0.29) is 19.1 Å². The predicted octanol–water partition coefficient (Wildman–Crippen LogP) is 5.96. The number of nitrogens with one attached hydrogen (secondary N) is 1. The number of methoxy groups -OCH3 is 1. The zero-order valence-electron chi connectivity index (χ0n) is 27.6. The normalized spacial score (nSPS) is 19.8. The van der Waals surface area contributed by atoms with Gasteiger partial charge in [-0.3, -0.25) is 15.0 Å². The molecule has 0 aliphatic carbocycles. The highest BCUT2D eigenvalue weighted by Gasteiger charge is 2.73. The van der Waals surface area contributed by atoms with Crippen LogP contribution in [0.2, 0.25) is 0 Å². The summed E-state index contributed by atoms with van der Waals surface area (Å²) in [6.45, 7) is 8.67. The third-order valence-electron chi connectivity index (χ3n) is 8.79. The van der Waals surface area contributed by atoms with Gasteiger partial charge in [-0.2, -0.15) is 26.3 Å². The predicted molar refractivity (Wildman–Crippen MR) is 166 cm³/mol. The summed E-state index contributed by atoms with van der Waals surface area (Å²) < 4.78 is 99.5. The number of amides is 3. The van der Waals surface area contributed by atoms with Crippen molar-refractivity contribution in [1.29, 1.82) is 0 Å². The SMILES string of the molecule is CCCc1cc(C(OCOC)(C(F)(F)F)C(F)(F)F)ccc1N1CCN(CCN2C(=O)NC(=O)C2(C)c2ccc(OC(C)C)cc2)CC1. The molecule has 15 heteroatoms. The highest BCUT2D eigenvalue weighted by molar-refractivity contribution is 6.07. The van der Waals surface area contributed by atoms with Gasteiger partial charge >= 0.3 is 18.4 Å². The molecular weight excluding hydrogens is 646 g/mol. The minimum Gasteiger partial charge on any atom is -0.491 e. The van der Waals surface area contributed by atoms with E-state index in [1.807, 2.05) is 18.7 Å². The molecule has 0 radical (unpaired) electrons. The fourth-order valence-corrected chi connectivity index (χ4v) is 6.27. The Kier molecular flexibility index (Phi) is 11.3. The summed E-state index contributed by atoms with van der Waals surface area (Å²) in [5, 5.41) is 2.42. The first-order valence-corrected chi connectivity index (χ1v) is 15.8. The summed E-state index contributed by atoms with van der Waals surface area (Å²) in [6, 6.07) is 9.59. The lowest BCUT2D eigenvalue weighted by atomic mass is 9.89. The van der Waals surface area contributed by atoms with Crippen LogP contribution in [0.15, 0.2) is 42.5 Å². The van der Waals surface area contributed by atoms with Crippen molar-refractivity contribution in [2.75, 3.05) is 58.1 Å². The second-order valence-electron chi connectivity index (χ2n) is 12.3. The summed E-state index contributed by atoms with van der Waals surface area (Å²) in [4.78, 5) is 31.4. The standard InChI is InChI=1S/C33H42F6N4O5/c1-6-7-23-20-25(31(32(34,35)36,33(37,38)39)47-21-46-5)10-13-27(23)42-17-14-41(15-18-42)16-19-43-29(45)40-28(44)30(43,4)24-8-11-26(12-9-24)48-22(2)3/h8-13,20,22H,6-7,14-19,21H2,1-5H3,(H,40,44,45). The van der Waals surface area contributed by atoms with E-state index in [1.165, 1.54) is 11.0 Å². The van der Waals surface area contributed by atoms with Gasteiger partial charge in [0.15, 0.2) is 0 Å². The molecule has 48 heavy (non-hydrogen) atoms. The molecule has 2 aromatic rings. The number of aryl methyl sites for hydroxylation is 1. The molecule has 2 fully saturated rings. The van der Waals surface area contributed by atoms with E-state index >= 15 is 0 Å². The number of ether oxygens (including phenoxy) is 3. The largest absolute Gasteiger partial charge is 0.491 e. The maximum atomic E-state index is 14.2. The highest BCUT2D eigenvalue weighted by Crippen LogP contribution is 2.53. The van der Waals surface area contributed by atoms with E-state index in [1.54, 1.807) is 38.1 Å². The van der Waals surface area contributed by atoms with Crippen LogP contribution in [0.5, 0.6) is 5.75 Å². The van der Waals surface area contributed by atoms with Gasteiger partial charge in [-0.1, -0.05) is 37.6 Å². The second-order valence-corrected chi connectivity index (χ2v) is 12.3. The minimum absolute atomic E-state index is 0.0266. The number of benzene rings is 2. The molecule has 3 amide bonds. The quantitative estimate of drug-likeness (QED) is 0.158. The van der Waals surface area contributed by atoms with E-state index < -0.39 is 47.8 Å². The smallest absolute Gasteiger partial charge is 0.430 e. The second kappa shape index (κ2) is 14.5. The van der Waals surface area contributed by atoms with Crippen molar-refractivity contribution in [2.24, 2.45) is 0 Å². The lowest BCUT2D eigenvalue weighted by molar-refractivity contribution is -0.400. The number of nitrogens with zero attached hydrogens (tertiary/aromatic N) is 3. The van der Waals surface area contributed by atoms with Gasteiger partial charge in [0, 0.05) is 57.6 Å². The van der Waals surface area contributed by atoms with Gasteiger partial charge in [0.2, 0.25) is 0 Å². The molecule has 9 nitrogen and oxygen atoms in total. The number of rotatable bonds is 13. The van der Waals surface area contributed by atoms with Gasteiger partial charge in [-0.05, 0) is 56.5 Å². The monoisotopic (exact) mass is 688 g/mol. The molecule has 1 atom stereocenters. The minimum atomic E-state index is -5.81.